The van der Waals surface area contributed by atoms with Crippen LogP contribution in [-0.4, -0.2) is 19.6 Å². The van der Waals surface area contributed by atoms with Gasteiger partial charge in [-0.1, -0.05) is 6.07 Å². The third kappa shape index (κ3) is 4.43. The van der Waals surface area contributed by atoms with E-state index in [1.54, 1.807) is 13.0 Å². The Morgan fingerprint density at radius 1 is 1.12 bits per heavy atom. The topological polar surface area (TPSA) is 47.6 Å². The summed E-state index contributed by atoms with van der Waals surface area (Å²) in [6.45, 7) is 3.54. The minimum absolute atomic E-state index is 0.0664. The molecule has 0 aliphatic heterocycles. The van der Waals surface area contributed by atoms with Gasteiger partial charge in [0.2, 0.25) is 0 Å². The number of aryl methyl sites for hydroxylation is 1. The number of nitrogens with one attached hydrogen (secondary N) is 1. The fourth-order valence-corrected chi connectivity index (χ4v) is 2.29. The third-order valence-corrected chi connectivity index (χ3v) is 3.53. The summed E-state index contributed by atoms with van der Waals surface area (Å²) in [6, 6.07) is 8.22. The number of amides is 1. The summed E-state index contributed by atoms with van der Waals surface area (Å²) >= 11 is 0. The third-order valence-electron chi connectivity index (χ3n) is 3.53. The Labute approximate surface area is 143 Å². The van der Waals surface area contributed by atoms with Gasteiger partial charge >= 0.3 is 6.18 Å². The number of anilines is 1. The lowest BCUT2D eigenvalue weighted by Gasteiger charge is -2.14. The van der Waals surface area contributed by atoms with E-state index in [-0.39, 0.29) is 16.8 Å². The maximum Gasteiger partial charge on any atom is 0.416 e. The van der Waals surface area contributed by atoms with Crippen LogP contribution in [0.2, 0.25) is 0 Å². The molecular formula is C18H18F3NO3. The summed E-state index contributed by atoms with van der Waals surface area (Å²) in [5.74, 6) is 0.311. The van der Waals surface area contributed by atoms with E-state index in [9.17, 15) is 18.0 Å². The van der Waals surface area contributed by atoms with Crippen LogP contribution in [0.4, 0.5) is 18.9 Å². The van der Waals surface area contributed by atoms with E-state index in [1.165, 1.54) is 38.3 Å². The normalized spacial score (nSPS) is 11.1. The predicted octanol–water partition coefficient (Wildman–Crippen LogP) is 4.67. The zero-order valence-corrected chi connectivity index (χ0v) is 14.0. The largest absolute Gasteiger partial charge is 0.493 e. The van der Waals surface area contributed by atoms with Crippen LogP contribution < -0.4 is 14.8 Å². The Hall–Kier alpha value is -2.70. The van der Waals surface area contributed by atoms with E-state index < -0.39 is 17.6 Å². The monoisotopic (exact) mass is 353 g/mol. The molecule has 0 radical (unpaired) electrons. The second-order valence-electron chi connectivity index (χ2n) is 5.28. The molecule has 2 aromatic carbocycles. The summed E-state index contributed by atoms with van der Waals surface area (Å²) in [5, 5.41) is 2.47. The van der Waals surface area contributed by atoms with Crippen molar-refractivity contribution in [3.8, 4) is 11.5 Å². The highest BCUT2D eigenvalue weighted by atomic mass is 19.4. The van der Waals surface area contributed by atoms with Gasteiger partial charge in [0, 0.05) is 11.3 Å². The van der Waals surface area contributed by atoms with Gasteiger partial charge in [0.05, 0.1) is 19.3 Å². The average molecular weight is 353 g/mol. The lowest BCUT2D eigenvalue weighted by Crippen LogP contribution is -2.14. The summed E-state index contributed by atoms with van der Waals surface area (Å²) < 4.78 is 49.4. The van der Waals surface area contributed by atoms with Gasteiger partial charge in [-0.2, -0.15) is 13.2 Å². The molecule has 0 aliphatic rings. The highest BCUT2D eigenvalue weighted by molar-refractivity contribution is 6.04. The minimum Gasteiger partial charge on any atom is -0.493 e. The second-order valence-corrected chi connectivity index (χ2v) is 5.28. The molecule has 25 heavy (non-hydrogen) atoms. The maximum atomic E-state index is 13.0. The molecule has 0 saturated carbocycles. The summed E-state index contributed by atoms with van der Waals surface area (Å²) in [4.78, 5) is 12.3. The lowest BCUT2D eigenvalue weighted by atomic mass is 10.1. The first-order valence-corrected chi connectivity index (χ1v) is 7.56. The van der Waals surface area contributed by atoms with E-state index in [4.69, 9.17) is 9.47 Å². The van der Waals surface area contributed by atoms with E-state index in [1.807, 2.05) is 0 Å². The number of carbonyl (C=O) groups excluding carboxylic acids is 1. The van der Waals surface area contributed by atoms with Crippen molar-refractivity contribution in [2.24, 2.45) is 0 Å². The van der Waals surface area contributed by atoms with Crippen molar-refractivity contribution in [2.45, 2.75) is 20.0 Å². The molecule has 0 heterocycles. The number of alkyl halides is 3. The smallest absolute Gasteiger partial charge is 0.416 e. The molecule has 2 rings (SSSR count). The van der Waals surface area contributed by atoms with Crippen molar-refractivity contribution < 1.29 is 27.4 Å². The molecule has 134 valence electrons. The van der Waals surface area contributed by atoms with Crippen molar-refractivity contribution in [1.29, 1.82) is 0 Å². The zero-order chi connectivity index (χ0) is 18.6. The number of halogens is 3. The van der Waals surface area contributed by atoms with Crippen LogP contribution in [0, 0.1) is 6.92 Å². The highest BCUT2D eigenvalue weighted by Gasteiger charge is 2.32. The predicted molar refractivity (Wildman–Crippen MR) is 88.3 cm³/mol. The molecule has 2 aromatic rings. The van der Waals surface area contributed by atoms with E-state index in [0.29, 0.717) is 18.1 Å². The van der Waals surface area contributed by atoms with Crippen LogP contribution in [0.5, 0.6) is 11.5 Å². The Morgan fingerprint density at radius 2 is 1.84 bits per heavy atom. The molecule has 0 fully saturated rings. The Balaban J connectivity index is 2.27. The summed E-state index contributed by atoms with van der Waals surface area (Å²) in [7, 11) is 1.47. The molecule has 0 aliphatic carbocycles. The molecule has 7 heteroatoms. The van der Waals surface area contributed by atoms with Crippen LogP contribution in [0.25, 0.3) is 0 Å². The minimum atomic E-state index is -4.48. The van der Waals surface area contributed by atoms with Gasteiger partial charge in [-0.05, 0) is 49.7 Å². The number of rotatable bonds is 5. The second kappa shape index (κ2) is 7.46. The Bertz CT molecular complexity index is 773. The molecule has 0 unspecified atom stereocenters. The van der Waals surface area contributed by atoms with Gasteiger partial charge in [-0.25, -0.2) is 0 Å². The number of hydrogen-bond acceptors (Lipinski definition) is 3. The van der Waals surface area contributed by atoms with E-state index >= 15 is 0 Å². The summed E-state index contributed by atoms with van der Waals surface area (Å²) in [6.07, 6.45) is -4.48. The number of hydrogen-bond donors (Lipinski definition) is 1. The first-order valence-electron chi connectivity index (χ1n) is 7.56. The van der Waals surface area contributed by atoms with Crippen molar-refractivity contribution >= 4 is 11.6 Å². The lowest BCUT2D eigenvalue weighted by molar-refractivity contribution is -0.138. The number of carbonyl (C=O) groups is 1. The van der Waals surface area contributed by atoms with Crippen LogP contribution in [0.1, 0.15) is 28.4 Å². The molecular weight excluding hydrogens is 335 g/mol. The van der Waals surface area contributed by atoms with Gasteiger partial charge in [0.15, 0.2) is 11.5 Å². The van der Waals surface area contributed by atoms with Crippen LogP contribution >= 0.6 is 0 Å². The van der Waals surface area contributed by atoms with Crippen molar-refractivity contribution in [1.82, 2.24) is 0 Å². The molecule has 1 N–H and O–H groups in total. The standard InChI is InChI=1S/C18H18F3NO3/c1-4-25-16-9-12(6-8-15(16)24-3)17(23)22-13-7-5-11(2)14(10-13)18(19,20)21/h5-10H,4H2,1-3H3,(H,22,23). The summed E-state index contributed by atoms with van der Waals surface area (Å²) in [5.41, 5.74) is -0.376. The van der Waals surface area contributed by atoms with Gasteiger partial charge < -0.3 is 14.8 Å². The van der Waals surface area contributed by atoms with Crippen molar-refractivity contribution in [3.63, 3.8) is 0 Å². The molecule has 0 saturated heterocycles. The van der Waals surface area contributed by atoms with Crippen LogP contribution in [-0.2, 0) is 6.18 Å². The zero-order valence-electron chi connectivity index (χ0n) is 14.0. The average Bonchev–Trinajstić information content (AvgIpc) is 2.55. The molecule has 0 bridgehead atoms. The number of benzene rings is 2. The van der Waals surface area contributed by atoms with Gasteiger partial charge in [-0.3, -0.25) is 4.79 Å². The number of ether oxygens (including phenoxy) is 2. The van der Waals surface area contributed by atoms with E-state index in [0.717, 1.165) is 6.07 Å². The molecule has 0 spiro atoms. The SMILES string of the molecule is CCOc1cc(C(=O)Nc2ccc(C)c(C(F)(F)F)c2)ccc1OC. The fraction of sp³-hybridized carbons (Fsp3) is 0.278. The van der Waals surface area contributed by atoms with Crippen LogP contribution in [0.15, 0.2) is 36.4 Å². The van der Waals surface area contributed by atoms with Gasteiger partial charge in [0.25, 0.3) is 5.91 Å². The maximum absolute atomic E-state index is 13.0. The van der Waals surface area contributed by atoms with E-state index in [2.05, 4.69) is 5.32 Å². The molecule has 0 aromatic heterocycles. The Morgan fingerprint density at radius 3 is 2.44 bits per heavy atom. The van der Waals surface area contributed by atoms with Crippen LogP contribution in [0.3, 0.4) is 0 Å². The first-order chi connectivity index (χ1) is 11.8. The molecule has 0 atom stereocenters. The fourth-order valence-electron chi connectivity index (χ4n) is 2.29. The number of methoxy groups -OCH3 is 1. The van der Waals surface area contributed by atoms with Crippen molar-refractivity contribution in [2.75, 3.05) is 19.0 Å². The van der Waals surface area contributed by atoms with Gasteiger partial charge in [-0.15, -0.1) is 0 Å². The molecule has 4 nitrogen and oxygen atoms in total. The van der Waals surface area contributed by atoms with Gasteiger partial charge in [0.1, 0.15) is 0 Å². The Kier molecular flexibility index (Phi) is 5.56. The van der Waals surface area contributed by atoms with Crippen molar-refractivity contribution in [3.05, 3.63) is 53.1 Å². The first kappa shape index (κ1) is 18.6. The molecule has 1 amide bonds. The highest BCUT2D eigenvalue weighted by Crippen LogP contribution is 2.34. The quantitative estimate of drug-likeness (QED) is 0.849.